The minimum Gasteiger partial charge on any atom is -0.465 e. The van der Waals surface area contributed by atoms with Crippen molar-refractivity contribution in [3.8, 4) is 0 Å². The molecular formula is C24H16Br2N2O3. The fourth-order valence-corrected chi connectivity index (χ4v) is 3.66. The lowest BCUT2D eigenvalue weighted by molar-refractivity contribution is -0.113. The highest BCUT2D eigenvalue weighted by molar-refractivity contribution is 9.10. The standard InChI is InChI=1S/C24H16Br2N2O3/c1-31-24(30)17-4-2-15(3-5-17)14-21-23(29)28(20-12-10-19(26)11-13-20)22(27-21)16-6-8-18(25)9-7-16/h2-14H,1H3/b21-14+. The van der Waals surface area contributed by atoms with Crippen LogP contribution in [0.5, 0.6) is 0 Å². The molecule has 0 aromatic heterocycles. The molecule has 31 heavy (non-hydrogen) atoms. The van der Waals surface area contributed by atoms with Gasteiger partial charge in [0.25, 0.3) is 5.91 Å². The van der Waals surface area contributed by atoms with Crippen molar-refractivity contribution in [2.24, 2.45) is 4.99 Å². The zero-order valence-corrected chi connectivity index (χ0v) is 19.6. The monoisotopic (exact) mass is 538 g/mol. The van der Waals surface area contributed by atoms with Crippen LogP contribution in [0.4, 0.5) is 5.69 Å². The van der Waals surface area contributed by atoms with Crippen molar-refractivity contribution < 1.29 is 14.3 Å². The van der Waals surface area contributed by atoms with E-state index in [0.717, 1.165) is 25.8 Å². The summed E-state index contributed by atoms with van der Waals surface area (Å²) in [6, 6.07) is 22.0. The first-order valence-electron chi connectivity index (χ1n) is 9.31. The molecule has 1 aliphatic rings. The highest BCUT2D eigenvalue weighted by Gasteiger charge is 2.32. The third-order valence-electron chi connectivity index (χ3n) is 4.68. The topological polar surface area (TPSA) is 59.0 Å². The van der Waals surface area contributed by atoms with Gasteiger partial charge in [0.05, 0.1) is 18.4 Å². The number of anilines is 1. The van der Waals surface area contributed by atoms with Gasteiger partial charge in [0.1, 0.15) is 11.5 Å². The largest absolute Gasteiger partial charge is 0.465 e. The Kier molecular flexibility index (Phi) is 6.15. The number of rotatable bonds is 4. The van der Waals surface area contributed by atoms with Crippen LogP contribution in [-0.4, -0.2) is 24.8 Å². The Hall–Kier alpha value is -3.03. The zero-order valence-electron chi connectivity index (χ0n) is 16.4. The SMILES string of the molecule is COC(=O)c1ccc(/C=C2/N=C(c3ccc(Br)cc3)N(c3ccc(Br)cc3)C2=O)cc1. The van der Waals surface area contributed by atoms with Crippen LogP contribution in [0.15, 0.2) is 92.4 Å². The summed E-state index contributed by atoms with van der Waals surface area (Å²) < 4.78 is 6.59. The number of carbonyl (C=O) groups is 2. The van der Waals surface area contributed by atoms with E-state index in [9.17, 15) is 9.59 Å². The van der Waals surface area contributed by atoms with E-state index < -0.39 is 5.97 Å². The van der Waals surface area contributed by atoms with E-state index in [0.29, 0.717) is 17.1 Å². The normalized spacial score (nSPS) is 14.7. The lowest BCUT2D eigenvalue weighted by Gasteiger charge is -2.18. The predicted octanol–water partition coefficient (Wildman–Crippen LogP) is 5.83. The number of hydrogen-bond acceptors (Lipinski definition) is 4. The summed E-state index contributed by atoms with van der Waals surface area (Å²) in [7, 11) is 1.34. The van der Waals surface area contributed by atoms with Gasteiger partial charge in [0, 0.05) is 14.5 Å². The number of carbonyl (C=O) groups excluding carboxylic acids is 2. The number of esters is 1. The Morgan fingerprint density at radius 1 is 0.903 bits per heavy atom. The second kappa shape index (κ2) is 8.99. The maximum Gasteiger partial charge on any atom is 0.337 e. The van der Waals surface area contributed by atoms with Gasteiger partial charge < -0.3 is 4.74 Å². The minimum atomic E-state index is -0.409. The average molecular weight is 540 g/mol. The number of amidine groups is 1. The molecule has 0 fully saturated rings. The van der Waals surface area contributed by atoms with E-state index in [1.807, 2.05) is 48.5 Å². The van der Waals surface area contributed by atoms with Crippen molar-refractivity contribution >= 4 is 61.3 Å². The number of benzene rings is 3. The molecule has 0 radical (unpaired) electrons. The Bertz CT molecular complexity index is 1200. The van der Waals surface area contributed by atoms with Gasteiger partial charge in [-0.3, -0.25) is 9.69 Å². The molecule has 3 aromatic carbocycles. The van der Waals surface area contributed by atoms with Crippen molar-refractivity contribution in [3.63, 3.8) is 0 Å². The quantitative estimate of drug-likeness (QED) is 0.309. The van der Waals surface area contributed by atoms with Crippen LogP contribution in [0.3, 0.4) is 0 Å². The highest BCUT2D eigenvalue weighted by atomic mass is 79.9. The summed E-state index contributed by atoms with van der Waals surface area (Å²) in [5, 5.41) is 0. The summed E-state index contributed by atoms with van der Waals surface area (Å²) in [6.07, 6.45) is 1.71. The number of nitrogens with zero attached hydrogens (tertiary/aromatic N) is 2. The molecule has 5 nitrogen and oxygen atoms in total. The first-order chi connectivity index (χ1) is 15.0. The molecule has 0 atom stereocenters. The zero-order chi connectivity index (χ0) is 22.0. The summed E-state index contributed by atoms with van der Waals surface area (Å²) in [5.41, 5.74) is 3.06. The highest BCUT2D eigenvalue weighted by Crippen LogP contribution is 2.29. The van der Waals surface area contributed by atoms with Crippen LogP contribution in [0, 0.1) is 0 Å². The second-order valence-corrected chi connectivity index (χ2v) is 8.53. The van der Waals surface area contributed by atoms with E-state index in [1.54, 1.807) is 35.2 Å². The Morgan fingerprint density at radius 3 is 2.06 bits per heavy atom. The lowest BCUT2D eigenvalue weighted by Crippen LogP contribution is -2.32. The first-order valence-corrected chi connectivity index (χ1v) is 10.9. The van der Waals surface area contributed by atoms with Crippen LogP contribution in [0.2, 0.25) is 0 Å². The molecule has 7 heteroatoms. The molecule has 1 amide bonds. The maximum absolute atomic E-state index is 13.3. The van der Waals surface area contributed by atoms with Crippen LogP contribution in [0.1, 0.15) is 21.5 Å². The molecule has 154 valence electrons. The molecule has 3 aromatic rings. The molecule has 1 aliphatic heterocycles. The molecule has 0 saturated carbocycles. The van der Waals surface area contributed by atoms with Crippen molar-refractivity contribution in [2.75, 3.05) is 12.0 Å². The second-order valence-electron chi connectivity index (χ2n) is 6.70. The molecule has 0 spiro atoms. The van der Waals surface area contributed by atoms with Gasteiger partial charge in [-0.2, -0.15) is 0 Å². The van der Waals surface area contributed by atoms with E-state index in [-0.39, 0.29) is 5.91 Å². The van der Waals surface area contributed by atoms with E-state index in [1.165, 1.54) is 7.11 Å². The summed E-state index contributed by atoms with van der Waals surface area (Å²) in [4.78, 5) is 31.2. The third-order valence-corrected chi connectivity index (χ3v) is 5.74. The molecule has 0 bridgehead atoms. The molecule has 4 rings (SSSR count). The Morgan fingerprint density at radius 2 is 1.48 bits per heavy atom. The fraction of sp³-hybridized carbons (Fsp3) is 0.0417. The van der Waals surface area contributed by atoms with Crippen LogP contribution < -0.4 is 4.90 Å². The maximum atomic E-state index is 13.3. The molecule has 1 heterocycles. The molecule has 0 unspecified atom stereocenters. The predicted molar refractivity (Wildman–Crippen MR) is 128 cm³/mol. The van der Waals surface area contributed by atoms with Crippen molar-refractivity contribution in [1.29, 1.82) is 0 Å². The van der Waals surface area contributed by atoms with Gasteiger partial charge in [-0.25, -0.2) is 9.79 Å². The van der Waals surface area contributed by atoms with Gasteiger partial charge in [-0.1, -0.05) is 56.1 Å². The van der Waals surface area contributed by atoms with Crippen molar-refractivity contribution in [1.82, 2.24) is 0 Å². The van der Waals surface area contributed by atoms with Crippen molar-refractivity contribution in [3.05, 3.63) is 104 Å². The summed E-state index contributed by atoms with van der Waals surface area (Å²) in [5.74, 6) is -0.0809. The molecule has 0 aliphatic carbocycles. The van der Waals surface area contributed by atoms with Gasteiger partial charge in [0.2, 0.25) is 0 Å². The van der Waals surface area contributed by atoms with Gasteiger partial charge in [-0.05, 0) is 60.2 Å². The number of halogens is 2. The molecule has 0 N–H and O–H groups in total. The molecule has 0 saturated heterocycles. The van der Waals surface area contributed by atoms with Crippen LogP contribution in [0.25, 0.3) is 6.08 Å². The number of methoxy groups -OCH3 is 1. The number of hydrogen-bond donors (Lipinski definition) is 0. The van der Waals surface area contributed by atoms with Crippen LogP contribution in [-0.2, 0) is 9.53 Å². The Labute approximate surface area is 196 Å². The van der Waals surface area contributed by atoms with Gasteiger partial charge in [-0.15, -0.1) is 0 Å². The summed E-state index contributed by atoms with van der Waals surface area (Å²) >= 11 is 6.87. The molecular weight excluding hydrogens is 524 g/mol. The number of aliphatic imine (C=N–C) groups is 1. The lowest BCUT2D eigenvalue weighted by atomic mass is 10.1. The smallest absolute Gasteiger partial charge is 0.337 e. The van der Waals surface area contributed by atoms with E-state index in [2.05, 4.69) is 36.9 Å². The van der Waals surface area contributed by atoms with Crippen molar-refractivity contribution in [2.45, 2.75) is 0 Å². The third kappa shape index (κ3) is 4.52. The average Bonchev–Trinajstić information content (AvgIpc) is 3.10. The number of ether oxygens (including phenoxy) is 1. The van der Waals surface area contributed by atoms with Gasteiger partial charge >= 0.3 is 5.97 Å². The van der Waals surface area contributed by atoms with E-state index >= 15 is 0 Å². The first kappa shape index (κ1) is 21.2. The van der Waals surface area contributed by atoms with Crippen LogP contribution >= 0.6 is 31.9 Å². The minimum absolute atomic E-state index is 0.225. The number of amides is 1. The van der Waals surface area contributed by atoms with Gasteiger partial charge in [0.15, 0.2) is 0 Å². The fourth-order valence-electron chi connectivity index (χ4n) is 3.13. The summed E-state index contributed by atoms with van der Waals surface area (Å²) in [6.45, 7) is 0. The Balaban J connectivity index is 1.75. The van der Waals surface area contributed by atoms with E-state index in [4.69, 9.17) is 4.74 Å².